The summed E-state index contributed by atoms with van der Waals surface area (Å²) in [5.41, 5.74) is 1.72. The van der Waals surface area contributed by atoms with Gasteiger partial charge in [0, 0.05) is 11.0 Å². The Balaban J connectivity index is 2.70. The lowest BCUT2D eigenvalue weighted by Crippen LogP contribution is -2.39. The van der Waals surface area contributed by atoms with E-state index in [2.05, 4.69) is 80.1 Å². The molecule has 0 aliphatic rings. The van der Waals surface area contributed by atoms with Crippen molar-refractivity contribution in [1.82, 2.24) is 5.32 Å². The lowest BCUT2D eigenvalue weighted by atomic mass is 9.74. The zero-order valence-electron chi connectivity index (χ0n) is 13.0. The summed E-state index contributed by atoms with van der Waals surface area (Å²) >= 11 is 3.56. The van der Waals surface area contributed by atoms with Crippen LogP contribution in [0.4, 0.5) is 0 Å². The van der Waals surface area contributed by atoms with Crippen LogP contribution in [0.2, 0.25) is 0 Å². The van der Waals surface area contributed by atoms with Gasteiger partial charge in [0.2, 0.25) is 0 Å². The Kier molecular flexibility index (Phi) is 6.55. The van der Waals surface area contributed by atoms with E-state index >= 15 is 0 Å². The second-order valence-corrected chi connectivity index (χ2v) is 7.56. The van der Waals surface area contributed by atoms with Crippen molar-refractivity contribution in [3.63, 3.8) is 0 Å². The number of hydrogen-bond acceptors (Lipinski definition) is 1. The molecule has 0 spiro atoms. The lowest BCUT2D eigenvalue weighted by molar-refractivity contribution is 0.205. The first-order valence-electron chi connectivity index (χ1n) is 7.28. The van der Waals surface area contributed by atoms with Gasteiger partial charge in [-0.15, -0.1) is 0 Å². The van der Waals surface area contributed by atoms with Crippen molar-refractivity contribution in [2.75, 3.05) is 13.1 Å². The van der Waals surface area contributed by atoms with Crippen molar-refractivity contribution < 1.29 is 0 Å². The number of benzene rings is 1. The highest BCUT2D eigenvalue weighted by Crippen LogP contribution is 2.31. The maximum absolute atomic E-state index is 3.63. The second kappa shape index (κ2) is 7.44. The van der Waals surface area contributed by atoms with Crippen LogP contribution in [-0.4, -0.2) is 13.1 Å². The van der Waals surface area contributed by atoms with Crippen LogP contribution < -0.4 is 5.32 Å². The molecule has 0 saturated carbocycles. The molecular weight excluding hydrogens is 298 g/mol. The Morgan fingerprint density at radius 2 is 1.89 bits per heavy atom. The summed E-state index contributed by atoms with van der Waals surface area (Å²) in [5, 5.41) is 3.63. The average Bonchev–Trinajstić information content (AvgIpc) is 2.28. The number of halogens is 1. The topological polar surface area (TPSA) is 12.0 Å². The molecule has 108 valence electrons. The van der Waals surface area contributed by atoms with E-state index in [4.69, 9.17) is 0 Å². The average molecular weight is 326 g/mol. The van der Waals surface area contributed by atoms with Crippen molar-refractivity contribution in [3.05, 3.63) is 34.3 Å². The van der Waals surface area contributed by atoms with E-state index in [0.717, 1.165) is 19.5 Å². The Bertz CT molecular complexity index is 387. The van der Waals surface area contributed by atoms with Crippen molar-refractivity contribution >= 4 is 15.9 Å². The summed E-state index contributed by atoms with van der Waals surface area (Å²) in [4.78, 5) is 0. The highest BCUT2D eigenvalue weighted by atomic mass is 79.9. The molecule has 0 radical (unpaired) electrons. The monoisotopic (exact) mass is 325 g/mol. The summed E-state index contributed by atoms with van der Waals surface area (Å²) in [6.07, 6.45) is 1.12. The molecule has 1 N–H and O–H groups in total. The van der Waals surface area contributed by atoms with Gasteiger partial charge in [0.15, 0.2) is 0 Å². The largest absolute Gasteiger partial charge is 0.316 e. The maximum Gasteiger partial charge on any atom is 0.0177 e. The fourth-order valence-corrected chi connectivity index (χ4v) is 2.68. The zero-order chi connectivity index (χ0) is 14.5. The molecule has 19 heavy (non-hydrogen) atoms. The summed E-state index contributed by atoms with van der Waals surface area (Å²) in [6, 6.07) is 8.69. The Morgan fingerprint density at radius 3 is 2.42 bits per heavy atom. The van der Waals surface area contributed by atoms with Crippen LogP contribution in [0.15, 0.2) is 28.7 Å². The lowest BCUT2D eigenvalue weighted by Gasteiger charge is -2.35. The predicted octanol–water partition coefficient (Wildman–Crippen LogP) is 4.90. The minimum absolute atomic E-state index is 0.301. The molecule has 0 aliphatic carbocycles. The van der Waals surface area contributed by atoms with Crippen LogP contribution in [0.3, 0.4) is 0 Å². The molecule has 1 atom stereocenters. The summed E-state index contributed by atoms with van der Waals surface area (Å²) < 4.78 is 1.17. The van der Waals surface area contributed by atoms with Gasteiger partial charge < -0.3 is 5.32 Å². The highest BCUT2D eigenvalue weighted by molar-refractivity contribution is 9.10. The molecule has 1 nitrogen and oxygen atoms in total. The first-order chi connectivity index (χ1) is 8.83. The van der Waals surface area contributed by atoms with Crippen LogP contribution in [-0.2, 0) is 6.42 Å². The van der Waals surface area contributed by atoms with E-state index < -0.39 is 0 Å². The van der Waals surface area contributed by atoms with Gasteiger partial charge in [-0.25, -0.2) is 0 Å². The molecule has 0 heterocycles. The third-order valence-electron chi connectivity index (χ3n) is 3.97. The maximum atomic E-state index is 3.63. The molecule has 2 heteroatoms. The molecule has 0 saturated heterocycles. The first-order valence-corrected chi connectivity index (χ1v) is 8.08. The molecule has 0 aromatic heterocycles. The van der Waals surface area contributed by atoms with Crippen molar-refractivity contribution in [3.8, 4) is 0 Å². The highest BCUT2D eigenvalue weighted by Gasteiger charge is 2.28. The molecule has 1 unspecified atom stereocenters. The smallest absolute Gasteiger partial charge is 0.0177 e. The molecule has 0 aliphatic heterocycles. The van der Waals surface area contributed by atoms with Crippen LogP contribution in [0.25, 0.3) is 0 Å². The minimum Gasteiger partial charge on any atom is -0.316 e. The Morgan fingerprint density at radius 1 is 1.21 bits per heavy atom. The molecule has 1 rings (SSSR count). The SMILES string of the molecule is CC(C)CNCC(C)(Cc1cccc(Br)c1)C(C)C. The fourth-order valence-electron chi connectivity index (χ4n) is 2.23. The molecular formula is C17H28BrN. The summed E-state index contributed by atoms with van der Waals surface area (Å²) in [6.45, 7) is 13.7. The minimum atomic E-state index is 0.301. The van der Waals surface area contributed by atoms with Gasteiger partial charge in [-0.05, 0) is 47.9 Å². The third kappa shape index (κ3) is 5.66. The van der Waals surface area contributed by atoms with E-state index in [1.807, 2.05) is 0 Å². The quantitative estimate of drug-likeness (QED) is 0.751. The van der Waals surface area contributed by atoms with Crippen molar-refractivity contribution in [1.29, 1.82) is 0 Å². The van der Waals surface area contributed by atoms with E-state index in [1.54, 1.807) is 0 Å². The molecule has 1 aromatic carbocycles. The van der Waals surface area contributed by atoms with Crippen molar-refractivity contribution in [2.24, 2.45) is 17.3 Å². The fraction of sp³-hybridized carbons (Fsp3) is 0.647. The van der Waals surface area contributed by atoms with E-state index in [-0.39, 0.29) is 0 Å². The number of rotatable bonds is 7. The Labute approximate surface area is 127 Å². The molecule has 0 bridgehead atoms. The molecule has 0 amide bonds. The van der Waals surface area contributed by atoms with Gasteiger partial charge in [-0.1, -0.05) is 62.7 Å². The van der Waals surface area contributed by atoms with Gasteiger partial charge in [0.25, 0.3) is 0 Å². The van der Waals surface area contributed by atoms with Gasteiger partial charge in [0.1, 0.15) is 0 Å². The summed E-state index contributed by atoms with van der Waals surface area (Å²) in [7, 11) is 0. The summed E-state index contributed by atoms with van der Waals surface area (Å²) in [5.74, 6) is 1.37. The van der Waals surface area contributed by atoms with Gasteiger partial charge in [-0.2, -0.15) is 0 Å². The van der Waals surface area contributed by atoms with Crippen molar-refractivity contribution in [2.45, 2.75) is 41.0 Å². The first kappa shape index (κ1) is 16.7. The standard InChI is InChI=1S/C17H28BrN/c1-13(2)11-19-12-17(5,14(3)4)10-15-7-6-8-16(18)9-15/h6-9,13-14,19H,10-12H2,1-5H3. The van der Waals surface area contributed by atoms with Gasteiger partial charge >= 0.3 is 0 Å². The van der Waals surface area contributed by atoms with Crippen LogP contribution in [0, 0.1) is 17.3 Å². The third-order valence-corrected chi connectivity index (χ3v) is 4.47. The van der Waals surface area contributed by atoms with Crippen LogP contribution in [0.5, 0.6) is 0 Å². The Hall–Kier alpha value is -0.340. The zero-order valence-corrected chi connectivity index (χ0v) is 14.5. The number of hydrogen-bond donors (Lipinski definition) is 1. The van der Waals surface area contributed by atoms with Gasteiger partial charge in [0.05, 0.1) is 0 Å². The second-order valence-electron chi connectivity index (χ2n) is 6.64. The van der Waals surface area contributed by atoms with Crippen LogP contribution in [0.1, 0.15) is 40.2 Å². The van der Waals surface area contributed by atoms with E-state index in [9.17, 15) is 0 Å². The van der Waals surface area contributed by atoms with Gasteiger partial charge in [-0.3, -0.25) is 0 Å². The van der Waals surface area contributed by atoms with Crippen LogP contribution >= 0.6 is 15.9 Å². The van der Waals surface area contributed by atoms with E-state index in [0.29, 0.717) is 17.3 Å². The van der Waals surface area contributed by atoms with E-state index in [1.165, 1.54) is 10.0 Å². The normalized spacial score (nSPS) is 14.9. The predicted molar refractivity (Wildman–Crippen MR) is 88.5 cm³/mol. The molecule has 1 aromatic rings. The number of nitrogens with one attached hydrogen (secondary N) is 1. The molecule has 0 fully saturated rings.